The molecule has 7 nitrogen and oxygen atoms in total. The van der Waals surface area contributed by atoms with Gasteiger partial charge in [-0.25, -0.2) is 9.59 Å². The van der Waals surface area contributed by atoms with Crippen molar-refractivity contribution in [2.45, 2.75) is 45.4 Å². The standard InChI is InChI=1S/C18H26N2O5/c1-4-25-14-9-18(24,17(14,2)3)11-20-16(23)19-10-12-5-7-13(8-6-12)15(21)22/h5-8,14,24H,4,9-11H2,1-3H3,(H,21,22)(H2,19,20,23). The van der Waals surface area contributed by atoms with E-state index in [0.29, 0.717) is 13.0 Å². The number of hydrogen-bond donors (Lipinski definition) is 4. The zero-order valence-electron chi connectivity index (χ0n) is 14.8. The van der Waals surface area contributed by atoms with Crippen LogP contribution in [0.25, 0.3) is 0 Å². The van der Waals surface area contributed by atoms with Crippen LogP contribution in [-0.2, 0) is 11.3 Å². The number of carboxylic acids is 1. The van der Waals surface area contributed by atoms with Gasteiger partial charge in [0.15, 0.2) is 0 Å². The van der Waals surface area contributed by atoms with Gasteiger partial charge >= 0.3 is 12.0 Å². The lowest BCUT2D eigenvalue weighted by atomic mass is 9.56. The summed E-state index contributed by atoms with van der Waals surface area (Å²) in [4.78, 5) is 22.7. The maximum atomic E-state index is 11.9. The second-order valence-corrected chi connectivity index (χ2v) is 6.94. The zero-order valence-corrected chi connectivity index (χ0v) is 14.8. The third-order valence-corrected chi connectivity index (χ3v) is 5.09. The van der Waals surface area contributed by atoms with Crippen molar-refractivity contribution < 1.29 is 24.5 Å². The van der Waals surface area contributed by atoms with Gasteiger partial charge in [0.25, 0.3) is 0 Å². The molecule has 25 heavy (non-hydrogen) atoms. The second kappa shape index (κ2) is 7.41. The topological polar surface area (TPSA) is 108 Å². The Morgan fingerprint density at radius 2 is 1.88 bits per heavy atom. The molecule has 0 spiro atoms. The molecule has 7 heteroatoms. The largest absolute Gasteiger partial charge is 0.478 e. The van der Waals surface area contributed by atoms with Crippen LogP contribution in [-0.4, -0.2) is 47.1 Å². The van der Waals surface area contributed by atoms with Crippen LogP contribution < -0.4 is 10.6 Å². The fourth-order valence-electron chi connectivity index (χ4n) is 3.00. The lowest BCUT2D eigenvalue weighted by molar-refractivity contribution is -0.237. The van der Waals surface area contributed by atoms with Crippen molar-refractivity contribution in [1.82, 2.24) is 10.6 Å². The van der Waals surface area contributed by atoms with Crippen LogP contribution in [0.15, 0.2) is 24.3 Å². The first kappa shape index (κ1) is 19.2. The van der Waals surface area contributed by atoms with Gasteiger partial charge < -0.3 is 25.6 Å². The number of benzene rings is 1. The van der Waals surface area contributed by atoms with Crippen LogP contribution >= 0.6 is 0 Å². The van der Waals surface area contributed by atoms with Gasteiger partial charge in [0.2, 0.25) is 0 Å². The molecule has 2 unspecified atom stereocenters. The quantitative estimate of drug-likeness (QED) is 0.599. The van der Waals surface area contributed by atoms with Crippen LogP contribution in [0.3, 0.4) is 0 Å². The van der Waals surface area contributed by atoms with Crippen molar-refractivity contribution in [1.29, 1.82) is 0 Å². The van der Waals surface area contributed by atoms with Crippen molar-refractivity contribution >= 4 is 12.0 Å². The van der Waals surface area contributed by atoms with Gasteiger partial charge in [-0.15, -0.1) is 0 Å². The molecule has 1 aromatic rings. The first-order valence-electron chi connectivity index (χ1n) is 8.37. The molecule has 1 aliphatic rings. The van der Waals surface area contributed by atoms with Crippen molar-refractivity contribution in [3.63, 3.8) is 0 Å². The summed E-state index contributed by atoms with van der Waals surface area (Å²) < 4.78 is 5.60. The minimum Gasteiger partial charge on any atom is -0.478 e. The zero-order chi connectivity index (χ0) is 18.7. The molecule has 2 rings (SSSR count). The van der Waals surface area contributed by atoms with Crippen LogP contribution in [0.1, 0.15) is 43.1 Å². The van der Waals surface area contributed by atoms with E-state index < -0.39 is 17.0 Å². The van der Waals surface area contributed by atoms with Gasteiger partial charge in [0, 0.05) is 31.5 Å². The molecule has 0 heterocycles. The van der Waals surface area contributed by atoms with E-state index in [4.69, 9.17) is 9.84 Å². The molecule has 0 bridgehead atoms. The molecule has 2 amide bonds. The van der Waals surface area contributed by atoms with Gasteiger partial charge in [0.1, 0.15) is 0 Å². The number of carbonyl (C=O) groups excluding carboxylic acids is 1. The number of carboxylic acid groups (broad SMARTS) is 1. The number of rotatable bonds is 7. The highest BCUT2D eigenvalue weighted by molar-refractivity contribution is 5.87. The average Bonchev–Trinajstić information content (AvgIpc) is 2.58. The summed E-state index contributed by atoms with van der Waals surface area (Å²) in [5.74, 6) is -0.987. The van der Waals surface area contributed by atoms with E-state index in [9.17, 15) is 14.7 Å². The van der Waals surface area contributed by atoms with Crippen molar-refractivity contribution in [2.75, 3.05) is 13.2 Å². The SMILES string of the molecule is CCOC1CC(O)(CNC(=O)NCc2ccc(C(=O)O)cc2)C1(C)C. The van der Waals surface area contributed by atoms with Crippen molar-refractivity contribution in [3.8, 4) is 0 Å². The fraction of sp³-hybridized carbons (Fsp3) is 0.556. The molecule has 1 aliphatic carbocycles. The Hall–Kier alpha value is -2.12. The molecule has 138 valence electrons. The summed E-state index contributed by atoms with van der Waals surface area (Å²) in [6.45, 7) is 6.80. The third-order valence-electron chi connectivity index (χ3n) is 5.09. The van der Waals surface area contributed by atoms with E-state index in [1.807, 2.05) is 20.8 Å². The number of urea groups is 1. The van der Waals surface area contributed by atoms with Crippen LogP contribution in [0.2, 0.25) is 0 Å². The molecule has 0 saturated heterocycles. The summed E-state index contributed by atoms with van der Waals surface area (Å²) in [6.07, 6.45) is 0.477. The fourth-order valence-corrected chi connectivity index (χ4v) is 3.00. The van der Waals surface area contributed by atoms with Crippen molar-refractivity contribution in [2.24, 2.45) is 5.41 Å². The van der Waals surface area contributed by atoms with E-state index in [0.717, 1.165) is 5.56 Å². The number of hydrogen-bond acceptors (Lipinski definition) is 4. The summed E-state index contributed by atoms with van der Waals surface area (Å²) in [7, 11) is 0. The van der Waals surface area contributed by atoms with E-state index in [1.54, 1.807) is 12.1 Å². The molecular formula is C18H26N2O5. The summed E-state index contributed by atoms with van der Waals surface area (Å²) in [5, 5.41) is 24.9. The Labute approximate surface area is 147 Å². The number of aliphatic hydroxyl groups is 1. The van der Waals surface area contributed by atoms with E-state index >= 15 is 0 Å². The minimum absolute atomic E-state index is 0.0138. The summed E-state index contributed by atoms with van der Waals surface area (Å²) >= 11 is 0. The normalized spacial score (nSPS) is 24.2. The maximum absolute atomic E-state index is 11.9. The first-order chi connectivity index (χ1) is 11.7. The lowest BCUT2D eigenvalue weighted by Crippen LogP contribution is -2.69. The Morgan fingerprint density at radius 3 is 2.40 bits per heavy atom. The molecule has 0 aromatic heterocycles. The molecule has 1 aromatic carbocycles. The number of ether oxygens (including phenoxy) is 1. The van der Waals surface area contributed by atoms with Crippen LogP contribution in [0.4, 0.5) is 4.79 Å². The third kappa shape index (κ3) is 4.11. The van der Waals surface area contributed by atoms with Gasteiger partial charge in [-0.1, -0.05) is 26.0 Å². The molecule has 0 radical (unpaired) electrons. The Morgan fingerprint density at radius 1 is 1.24 bits per heavy atom. The Bertz CT molecular complexity index is 629. The molecule has 0 aliphatic heterocycles. The van der Waals surface area contributed by atoms with Gasteiger partial charge in [-0.05, 0) is 24.6 Å². The lowest BCUT2D eigenvalue weighted by Gasteiger charge is -2.57. The second-order valence-electron chi connectivity index (χ2n) is 6.94. The van der Waals surface area contributed by atoms with E-state index in [2.05, 4.69) is 10.6 Å². The Kier molecular flexibility index (Phi) is 5.69. The molecule has 2 atom stereocenters. The monoisotopic (exact) mass is 350 g/mol. The van der Waals surface area contributed by atoms with Crippen molar-refractivity contribution in [3.05, 3.63) is 35.4 Å². The van der Waals surface area contributed by atoms with Gasteiger partial charge in [0.05, 0.1) is 17.3 Å². The highest BCUT2D eigenvalue weighted by Crippen LogP contribution is 2.50. The van der Waals surface area contributed by atoms with E-state index in [1.165, 1.54) is 12.1 Å². The number of aromatic carboxylic acids is 1. The van der Waals surface area contributed by atoms with E-state index in [-0.39, 0.29) is 30.8 Å². The number of carbonyl (C=O) groups is 2. The molecule has 1 fully saturated rings. The van der Waals surface area contributed by atoms with Gasteiger partial charge in [-0.2, -0.15) is 0 Å². The summed E-state index contributed by atoms with van der Waals surface area (Å²) in [5.41, 5.74) is -0.429. The first-order valence-corrected chi connectivity index (χ1v) is 8.37. The van der Waals surface area contributed by atoms with Crippen LogP contribution in [0, 0.1) is 5.41 Å². The Balaban J connectivity index is 1.78. The molecule has 1 saturated carbocycles. The average molecular weight is 350 g/mol. The highest BCUT2D eigenvalue weighted by Gasteiger charge is 2.59. The molecular weight excluding hydrogens is 324 g/mol. The predicted octanol–water partition coefficient (Wildman–Crippen LogP) is 1.75. The number of nitrogens with one attached hydrogen (secondary N) is 2. The predicted molar refractivity (Wildman–Crippen MR) is 92.4 cm³/mol. The molecule has 4 N–H and O–H groups in total. The minimum atomic E-state index is -0.993. The van der Waals surface area contributed by atoms with Gasteiger partial charge in [-0.3, -0.25) is 0 Å². The number of amides is 2. The van der Waals surface area contributed by atoms with Crippen LogP contribution in [0.5, 0.6) is 0 Å². The summed E-state index contributed by atoms with van der Waals surface area (Å²) in [6, 6.07) is 5.90. The smallest absolute Gasteiger partial charge is 0.335 e. The maximum Gasteiger partial charge on any atom is 0.335 e. The highest BCUT2D eigenvalue weighted by atomic mass is 16.5.